The second-order valence-electron chi connectivity index (χ2n) is 4.24. The number of hydrogen-bond acceptors (Lipinski definition) is 4. The minimum Gasteiger partial charge on any atom is -0.391 e. The highest BCUT2D eigenvalue weighted by atomic mass is 32.2. The number of nitrogens with zero attached hydrogens (tertiary/aromatic N) is 1. The van der Waals surface area contributed by atoms with Crippen molar-refractivity contribution in [1.29, 1.82) is 0 Å². The van der Waals surface area contributed by atoms with Crippen molar-refractivity contribution in [3.8, 4) is 0 Å². The fourth-order valence-electron chi connectivity index (χ4n) is 1.59. The number of likely N-dealkylation sites (tertiary alicyclic amines) is 1. The second-order valence-corrected chi connectivity index (χ2v) is 6.38. The maximum Gasteiger partial charge on any atom is 0.237 e. The largest absolute Gasteiger partial charge is 0.391 e. The summed E-state index contributed by atoms with van der Waals surface area (Å²) in [5, 5.41) is 9.55. The van der Waals surface area contributed by atoms with Crippen molar-refractivity contribution in [3.63, 3.8) is 0 Å². The summed E-state index contributed by atoms with van der Waals surface area (Å²) in [5.74, 6) is -0.704. The molecule has 1 heterocycles. The number of hydrogen-bond donors (Lipinski definition) is 1. The molecule has 0 spiro atoms. The van der Waals surface area contributed by atoms with Crippen LogP contribution in [0.15, 0.2) is 0 Å². The summed E-state index contributed by atoms with van der Waals surface area (Å²) < 4.78 is 21.8. The van der Waals surface area contributed by atoms with Crippen LogP contribution < -0.4 is 0 Å². The van der Waals surface area contributed by atoms with Crippen molar-refractivity contribution in [2.45, 2.75) is 19.4 Å². The van der Waals surface area contributed by atoms with Crippen LogP contribution >= 0.6 is 0 Å². The Kier molecular flexibility index (Phi) is 3.72. The first-order valence-electron chi connectivity index (χ1n) is 4.93. The van der Waals surface area contributed by atoms with E-state index in [0.717, 1.165) is 12.7 Å². The van der Waals surface area contributed by atoms with E-state index in [4.69, 9.17) is 0 Å². The van der Waals surface area contributed by atoms with Gasteiger partial charge >= 0.3 is 0 Å². The molecule has 2 unspecified atom stereocenters. The minimum absolute atomic E-state index is 0.173. The van der Waals surface area contributed by atoms with Gasteiger partial charge in [-0.15, -0.1) is 0 Å². The third-order valence-corrected chi connectivity index (χ3v) is 3.43. The molecule has 15 heavy (non-hydrogen) atoms. The summed E-state index contributed by atoms with van der Waals surface area (Å²) in [6.07, 6.45) is 1.21. The normalized spacial score (nSPS) is 27.8. The van der Waals surface area contributed by atoms with Crippen LogP contribution in [-0.2, 0) is 14.6 Å². The van der Waals surface area contributed by atoms with E-state index in [2.05, 4.69) is 0 Å². The lowest BCUT2D eigenvalue weighted by atomic mass is 9.96. The molecule has 1 fully saturated rings. The molecule has 1 N–H and O–H groups in total. The van der Waals surface area contributed by atoms with E-state index in [1.165, 1.54) is 4.90 Å². The molecule has 0 radical (unpaired) electrons. The molecule has 0 aliphatic carbocycles. The summed E-state index contributed by atoms with van der Waals surface area (Å²) in [6, 6.07) is 0. The Hall–Kier alpha value is -0.620. The molecule has 1 aliphatic heterocycles. The monoisotopic (exact) mass is 235 g/mol. The molecule has 0 saturated carbocycles. The third kappa shape index (κ3) is 3.79. The molecule has 1 saturated heterocycles. The van der Waals surface area contributed by atoms with Crippen molar-refractivity contribution < 1.29 is 18.3 Å². The average Bonchev–Trinajstić information content (AvgIpc) is 2.06. The van der Waals surface area contributed by atoms with Crippen LogP contribution in [0.5, 0.6) is 0 Å². The molecular formula is C9H17NO4S. The standard InChI is InChI=1S/C9H17NO4S/c1-7-3-4-10(5-8(7)11)9(12)6-15(2,13)14/h7-8,11H,3-6H2,1-2H3. The molecule has 6 heteroatoms. The summed E-state index contributed by atoms with van der Waals surface area (Å²) in [4.78, 5) is 12.9. The van der Waals surface area contributed by atoms with Gasteiger partial charge in [0, 0.05) is 19.3 Å². The highest BCUT2D eigenvalue weighted by Crippen LogP contribution is 2.17. The number of amides is 1. The Morgan fingerprint density at radius 2 is 2.13 bits per heavy atom. The first-order valence-corrected chi connectivity index (χ1v) is 6.99. The van der Waals surface area contributed by atoms with Crippen LogP contribution in [0.4, 0.5) is 0 Å². The molecule has 0 aromatic rings. The van der Waals surface area contributed by atoms with E-state index in [1.54, 1.807) is 0 Å². The third-order valence-electron chi connectivity index (χ3n) is 2.66. The average molecular weight is 235 g/mol. The van der Waals surface area contributed by atoms with Gasteiger partial charge in [-0.05, 0) is 12.3 Å². The maximum atomic E-state index is 11.5. The Balaban J connectivity index is 2.55. The molecular weight excluding hydrogens is 218 g/mol. The van der Waals surface area contributed by atoms with Gasteiger partial charge in [-0.2, -0.15) is 0 Å². The molecule has 0 bridgehead atoms. The zero-order valence-electron chi connectivity index (χ0n) is 9.01. The zero-order valence-corrected chi connectivity index (χ0v) is 9.83. The van der Waals surface area contributed by atoms with Gasteiger partial charge in [0.1, 0.15) is 5.75 Å². The predicted molar refractivity (Wildman–Crippen MR) is 56.1 cm³/mol. The smallest absolute Gasteiger partial charge is 0.237 e. The van der Waals surface area contributed by atoms with Gasteiger partial charge in [0.05, 0.1) is 6.10 Å². The molecule has 2 atom stereocenters. The second kappa shape index (κ2) is 4.49. The lowest BCUT2D eigenvalue weighted by molar-refractivity contribution is -0.132. The number of sulfone groups is 1. The summed E-state index contributed by atoms with van der Waals surface area (Å²) >= 11 is 0. The number of carbonyl (C=O) groups is 1. The van der Waals surface area contributed by atoms with Gasteiger partial charge in [-0.1, -0.05) is 6.92 Å². The van der Waals surface area contributed by atoms with Crippen molar-refractivity contribution in [2.24, 2.45) is 5.92 Å². The predicted octanol–water partition coefficient (Wildman–Crippen LogP) is -0.740. The number of carbonyl (C=O) groups excluding carboxylic acids is 1. The minimum atomic E-state index is -3.28. The summed E-state index contributed by atoms with van der Waals surface area (Å²) in [7, 11) is -3.28. The van der Waals surface area contributed by atoms with E-state index < -0.39 is 27.6 Å². The van der Waals surface area contributed by atoms with E-state index in [-0.39, 0.29) is 12.5 Å². The number of piperidine rings is 1. The lowest BCUT2D eigenvalue weighted by Crippen LogP contribution is -2.47. The topological polar surface area (TPSA) is 74.7 Å². The van der Waals surface area contributed by atoms with Crippen molar-refractivity contribution >= 4 is 15.7 Å². The fraction of sp³-hybridized carbons (Fsp3) is 0.889. The van der Waals surface area contributed by atoms with Crippen LogP contribution in [0.25, 0.3) is 0 Å². The molecule has 1 amide bonds. The molecule has 1 rings (SSSR count). The van der Waals surface area contributed by atoms with Crippen LogP contribution in [0.3, 0.4) is 0 Å². The molecule has 5 nitrogen and oxygen atoms in total. The Labute approximate surface area is 90.0 Å². The van der Waals surface area contributed by atoms with Crippen molar-refractivity contribution in [3.05, 3.63) is 0 Å². The fourth-order valence-corrected chi connectivity index (χ4v) is 2.22. The van der Waals surface area contributed by atoms with Gasteiger partial charge < -0.3 is 10.0 Å². The highest BCUT2D eigenvalue weighted by Gasteiger charge is 2.28. The van der Waals surface area contributed by atoms with Crippen molar-refractivity contribution in [2.75, 3.05) is 25.1 Å². The van der Waals surface area contributed by atoms with Crippen LogP contribution in [0.2, 0.25) is 0 Å². The highest BCUT2D eigenvalue weighted by molar-refractivity contribution is 7.91. The summed E-state index contributed by atoms with van der Waals surface area (Å²) in [5.41, 5.74) is 0. The first-order chi connectivity index (χ1) is 6.79. The van der Waals surface area contributed by atoms with Crippen LogP contribution in [-0.4, -0.2) is 55.5 Å². The SMILES string of the molecule is CC1CCN(C(=O)CS(C)(=O)=O)CC1O. The molecule has 0 aromatic heterocycles. The quantitative estimate of drug-likeness (QED) is 0.684. The van der Waals surface area contributed by atoms with E-state index in [0.29, 0.717) is 6.54 Å². The number of aliphatic hydroxyl groups is 1. The number of β-amino-alcohol motifs (C(OH)–C–C–N with tert-alkyl or cyclic N) is 1. The number of rotatable bonds is 2. The molecule has 0 aromatic carbocycles. The van der Waals surface area contributed by atoms with Gasteiger partial charge in [0.2, 0.25) is 5.91 Å². The Morgan fingerprint density at radius 1 is 1.53 bits per heavy atom. The maximum absolute atomic E-state index is 11.5. The Morgan fingerprint density at radius 3 is 2.60 bits per heavy atom. The van der Waals surface area contributed by atoms with Gasteiger partial charge in [0.15, 0.2) is 9.84 Å². The van der Waals surface area contributed by atoms with Gasteiger partial charge in [-0.3, -0.25) is 4.79 Å². The van der Waals surface area contributed by atoms with Gasteiger partial charge in [-0.25, -0.2) is 8.42 Å². The number of aliphatic hydroxyl groups excluding tert-OH is 1. The Bertz CT molecular complexity index is 338. The first kappa shape index (κ1) is 12.4. The van der Waals surface area contributed by atoms with Crippen LogP contribution in [0.1, 0.15) is 13.3 Å². The van der Waals surface area contributed by atoms with Crippen molar-refractivity contribution in [1.82, 2.24) is 4.90 Å². The molecule has 1 aliphatic rings. The van der Waals surface area contributed by atoms with E-state index >= 15 is 0 Å². The van der Waals surface area contributed by atoms with E-state index in [1.807, 2.05) is 6.92 Å². The van der Waals surface area contributed by atoms with Crippen LogP contribution in [0, 0.1) is 5.92 Å². The lowest BCUT2D eigenvalue weighted by Gasteiger charge is -2.34. The zero-order chi connectivity index (χ0) is 11.6. The van der Waals surface area contributed by atoms with E-state index in [9.17, 15) is 18.3 Å². The molecule has 88 valence electrons. The summed E-state index contributed by atoms with van der Waals surface area (Å²) in [6.45, 7) is 2.70. The van der Waals surface area contributed by atoms with Gasteiger partial charge in [0.25, 0.3) is 0 Å².